The maximum absolute atomic E-state index is 12.5. The first kappa shape index (κ1) is 24.1. The summed E-state index contributed by atoms with van der Waals surface area (Å²) in [4.78, 5) is 24.4. The molecule has 10 heteroatoms. The van der Waals surface area contributed by atoms with Gasteiger partial charge in [-0.1, -0.05) is 40.9 Å². The lowest BCUT2D eigenvalue weighted by Gasteiger charge is -2.14. The Morgan fingerprint density at radius 3 is 2.29 bits per heavy atom. The molecule has 0 spiro atoms. The summed E-state index contributed by atoms with van der Waals surface area (Å²) in [7, 11) is 0.0749. The summed E-state index contributed by atoms with van der Waals surface area (Å²) >= 11 is 0. The maximum atomic E-state index is 12.5. The van der Waals surface area contributed by atoms with Gasteiger partial charge in [0.25, 0.3) is 10.0 Å². The molecule has 0 fully saturated rings. The van der Waals surface area contributed by atoms with Crippen LogP contribution in [0.15, 0.2) is 82.7 Å². The molecule has 0 saturated heterocycles. The molecule has 35 heavy (non-hydrogen) atoms. The molecule has 0 unspecified atom stereocenters. The number of hydrogen-bond acceptors (Lipinski definition) is 7. The van der Waals surface area contributed by atoms with Crippen LogP contribution in [0.5, 0.6) is 5.88 Å². The molecule has 0 aliphatic heterocycles. The number of nitrogens with zero attached hydrogens (tertiary/aromatic N) is 2. The summed E-state index contributed by atoms with van der Waals surface area (Å²) in [5, 5.41) is 11.5. The quantitative estimate of drug-likeness (QED) is 0.228. The van der Waals surface area contributed by atoms with Crippen molar-refractivity contribution in [2.45, 2.75) is 4.90 Å². The predicted octanol–water partition coefficient (Wildman–Crippen LogP) is 4.01. The number of nitrogens with one attached hydrogen (secondary N) is 1. The number of ether oxygens (including phenoxy) is 1. The number of aromatic nitrogens is 1. The lowest BCUT2D eigenvalue weighted by Crippen LogP contribution is -2.25. The monoisotopic (exact) mass is 493 g/mol. The first-order valence-corrected chi connectivity index (χ1v) is 11.9. The topological polar surface area (TPSA) is 121 Å². The number of esters is 1. The third-order valence-corrected chi connectivity index (χ3v) is 7.15. The van der Waals surface area contributed by atoms with Gasteiger partial charge in [0, 0.05) is 23.5 Å². The smallest absolute Gasteiger partial charge is 0.337 e. The molecule has 2 N–H and O–H groups in total. The van der Waals surface area contributed by atoms with E-state index < -0.39 is 16.0 Å². The van der Waals surface area contributed by atoms with E-state index in [4.69, 9.17) is 14.6 Å². The van der Waals surface area contributed by atoms with Gasteiger partial charge in [0.15, 0.2) is 5.88 Å². The zero-order chi connectivity index (χ0) is 25.2. The third kappa shape index (κ3) is 4.67. The Morgan fingerprint density at radius 2 is 1.66 bits per heavy atom. The molecular formula is C25H23N3O6S. The Labute approximate surface area is 202 Å². The molecule has 0 aliphatic carbocycles. The highest BCUT2D eigenvalue weighted by atomic mass is 32.2. The van der Waals surface area contributed by atoms with Crippen LogP contribution >= 0.6 is 0 Å². The molecule has 0 bridgehead atoms. The Morgan fingerprint density at radius 1 is 0.971 bits per heavy atom. The Balaban J connectivity index is 1.85. The predicted molar refractivity (Wildman–Crippen MR) is 131 cm³/mol. The normalized spacial score (nSPS) is 12.3. The second-order valence-corrected chi connectivity index (χ2v) is 9.45. The van der Waals surface area contributed by atoms with E-state index in [1.807, 2.05) is 30.3 Å². The third-order valence-electron chi connectivity index (χ3n) is 5.45. The van der Waals surface area contributed by atoms with Crippen LogP contribution in [0.25, 0.3) is 10.9 Å². The molecule has 180 valence electrons. The zero-order valence-corrected chi connectivity index (χ0v) is 20.0. The zero-order valence-electron chi connectivity index (χ0n) is 19.2. The SMILES string of the molecule is COC(=O)c1ccc2c(C(=Nc3ccc(S(=O)(=O)N(C)OC)cc3)c3ccccc3)c(O)[nH]c2c1. The molecule has 3 aromatic carbocycles. The van der Waals surface area contributed by atoms with E-state index in [9.17, 15) is 18.3 Å². The molecule has 4 rings (SSSR count). The number of aromatic hydroxyl groups is 1. The summed E-state index contributed by atoms with van der Waals surface area (Å²) in [5.41, 5.74) is 2.99. The fraction of sp³-hybridized carbons (Fsp3) is 0.120. The standard InChI is InChI=1S/C25H23N3O6S/c1-28(34-3)35(31,32)19-12-10-18(11-13-19)26-23(16-7-5-4-6-8-16)22-20-14-9-17(25(30)33-2)15-21(20)27-24(22)29/h4-15,27,29H,1-3H3. The van der Waals surface area contributed by atoms with E-state index in [0.717, 1.165) is 10.0 Å². The highest BCUT2D eigenvalue weighted by Crippen LogP contribution is 2.32. The number of aliphatic imine (C=N–C) groups is 1. The van der Waals surface area contributed by atoms with Crippen LogP contribution in [0.1, 0.15) is 21.5 Å². The number of benzene rings is 3. The van der Waals surface area contributed by atoms with Gasteiger partial charge >= 0.3 is 5.97 Å². The number of hydroxylamine groups is 1. The van der Waals surface area contributed by atoms with E-state index in [-0.39, 0.29) is 10.8 Å². The minimum absolute atomic E-state index is 0.0485. The molecule has 9 nitrogen and oxygen atoms in total. The highest BCUT2D eigenvalue weighted by Gasteiger charge is 2.22. The van der Waals surface area contributed by atoms with Gasteiger partial charge in [-0.25, -0.2) is 18.2 Å². The molecule has 0 aliphatic rings. The summed E-state index contributed by atoms with van der Waals surface area (Å²) in [6, 6.07) is 20.2. The second-order valence-electron chi connectivity index (χ2n) is 7.52. The van der Waals surface area contributed by atoms with Crippen LogP contribution in [-0.2, 0) is 19.6 Å². The van der Waals surface area contributed by atoms with Crippen molar-refractivity contribution in [3.63, 3.8) is 0 Å². The Kier molecular flexibility index (Phi) is 6.70. The fourth-order valence-electron chi connectivity index (χ4n) is 3.60. The number of rotatable bonds is 7. The van der Waals surface area contributed by atoms with Gasteiger partial charge in [-0.2, -0.15) is 0 Å². The molecular weight excluding hydrogens is 470 g/mol. The van der Waals surface area contributed by atoms with Crippen molar-refractivity contribution in [2.24, 2.45) is 4.99 Å². The fourth-order valence-corrected chi connectivity index (χ4v) is 4.57. The number of sulfonamides is 1. The van der Waals surface area contributed by atoms with Crippen LogP contribution in [0, 0.1) is 0 Å². The van der Waals surface area contributed by atoms with E-state index in [0.29, 0.717) is 33.4 Å². The number of carbonyl (C=O) groups excluding carboxylic acids is 1. The molecule has 0 amide bonds. The first-order chi connectivity index (χ1) is 16.8. The molecule has 0 saturated carbocycles. The molecule has 0 atom stereocenters. The lowest BCUT2D eigenvalue weighted by molar-refractivity contribution is -0.0258. The number of carbonyl (C=O) groups is 1. The molecule has 4 aromatic rings. The summed E-state index contributed by atoms with van der Waals surface area (Å²) < 4.78 is 30.5. The van der Waals surface area contributed by atoms with Gasteiger partial charge in [0.05, 0.1) is 41.6 Å². The van der Waals surface area contributed by atoms with Crippen molar-refractivity contribution in [1.82, 2.24) is 9.45 Å². The van der Waals surface area contributed by atoms with Crippen molar-refractivity contribution >= 4 is 38.3 Å². The average molecular weight is 494 g/mol. The lowest BCUT2D eigenvalue weighted by atomic mass is 10.00. The number of methoxy groups -OCH3 is 1. The van der Waals surface area contributed by atoms with Gasteiger partial charge in [-0.05, 0) is 36.4 Å². The van der Waals surface area contributed by atoms with Gasteiger partial charge < -0.3 is 14.8 Å². The van der Waals surface area contributed by atoms with E-state index in [1.165, 1.54) is 33.4 Å². The van der Waals surface area contributed by atoms with Crippen LogP contribution in [0.2, 0.25) is 0 Å². The van der Waals surface area contributed by atoms with Crippen LogP contribution < -0.4 is 0 Å². The van der Waals surface area contributed by atoms with Crippen molar-refractivity contribution in [2.75, 3.05) is 21.3 Å². The van der Waals surface area contributed by atoms with Crippen LogP contribution in [-0.4, -0.2) is 55.9 Å². The number of hydrogen-bond donors (Lipinski definition) is 2. The van der Waals surface area contributed by atoms with E-state index in [1.54, 1.807) is 30.3 Å². The minimum atomic E-state index is -3.80. The first-order valence-electron chi connectivity index (χ1n) is 10.5. The number of fused-ring (bicyclic) bond motifs is 1. The highest BCUT2D eigenvalue weighted by molar-refractivity contribution is 7.89. The second kappa shape index (κ2) is 9.71. The van der Waals surface area contributed by atoms with Crippen molar-refractivity contribution in [3.8, 4) is 5.88 Å². The molecule has 1 heterocycles. The van der Waals surface area contributed by atoms with E-state index >= 15 is 0 Å². The maximum Gasteiger partial charge on any atom is 0.337 e. The average Bonchev–Trinajstić information content (AvgIpc) is 3.21. The van der Waals surface area contributed by atoms with Crippen LogP contribution in [0.3, 0.4) is 0 Å². The van der Waals surface area contributed by atoms with Gasteiger partial charge in [-0.3, -0.25) is 4.84 Å². The Bertz CT molecular complexity index is 1510. The van der Waals surface area contributed by atoms with Gasteiger partial charge in [0.2, 0.25) is 0 Å². The summed E-state index contributed by atoms with van der Waals surface area (Å²) in [6.45, 7) is 0. The summed E-state index contributed by atoms with van der Waals surface area (Å²) in [6.07, 6.45) is 0. The molecule has 0 radical (unpaired) electrons. The van der Waals surface area contributed by atoms with Crippen molar-refractivity contribution in [3.05, 3.63) is 89.5 Å². The minimum Gasteiger partial charge on any atom is -0.494 e. The van der Waals surface area contributed by atoms with E-state index in [2.05, 4.69) is 4.98 Å². The molecule has 1 aromatic heterocycles. The number of H-pyrrole nitrogens is 1. The Hall–Kier alpha value is -3.99. The van der Waals surface area contributed by atoms with Gasteiger partial charge in [0.1, 0.15) is 0 Å². The summed E-state index contributed by atoms with van der Waals surface area (Å²) in [5.74, 6) is -0.612. The van der Waals surface area contributed by atoms with Crippen molar-refractivity contribution in [1.29, 1.82) is 0 Å². The van der Waals surface area contributed by atoms with Crippen LogP contribution in [0.4, 0.5) is 5.69 Å². The van der Waals surface area contributed by atoms with Gasteiger partial charge in [-0.15, -0.1) is 0 Å². The largest absolute Gasteiger partial charge is 0.494 e. The van der Waals surface area contributed by atoms with Crippen molar-refractivity contribution < 1.29 is 27.9 Å². The number of aromatic amines is 1.